The molecule has 0 bridgehead atoms. The number of aromatic nitrogens is 3. The van der Waals surface area contributed by atoms with Gasteiger partial charge in [-0.1, -0.05) is 6.07 Å². The maximum absolute atomic E-state index is 11.8. The van der Waals surface area contributed by atoms with Crippen LogP contribution in [0.25, 0.3) is 0 Å². The highest BCUT2D eigenvalue weighted by molar-refractivity contribution is 5.68. The third kappa shape index (κ3) is 4.56. The molecule has 25 heavy (non-hydrogen) atoms. The fraction of sp³-hybridized carbons (Fsp3) is 0.412. The van der Waals surface area contributed by atoms with Gasteiger partial charge in [0.1, 0.15) is 5.82 Å². The molecule has 2 aromatic rings. The molecule has 0 unspecified atom stereocenters. The molecule has 132 valence electrons. The van der Waals surface area contributed by atoms with Crippen molar-refractivity contribution in [2.24, 2.45) is 0 Å². The monoisotopic (exact) mass is 342 g/mol. The molecule has 1 fully saturated rings. The molecule has 0 spiro atoms. The second-order valence-electron chi connectivity index (χ2n) is 5.59. The van der Waals surface area contributed by atoms with Crippen molar-refractivity contribution in [3.8, 4) is 0 Å². The van der Waals surface area contributed by atoms with Crippen LogP contribution in [0.1, 0.15) is 12.6 Å². The van der Waals surface area contributed by atoms with Crippen LogP contribution in [-0.4, -0.2) is 58.7 Å². The van der Waals surface area contributed by atoms with Gasteiger partial charge in [0.25, 0.3) is 0 Å². The van der Waals surface area contributed by atoms with Crippen LogP contribution in [0.5, 0.6) is 0 Å². The molecule has 8 heteroatoms. The van der Waals surface area contributed by atoms with Crippen LogP contribution < -0.4 is 10.2 Å². The quantitative estimate of drug-likeness (QED) is 0.886. The molecule has 3 rings (SSSR count). The molecule has 0 aromatic carbocycles. The normalized spacial score (nSPS) is 14.3. The minimum Gasteiger partial charge on any atom is -0.450 e. The van der Waals surface area contributed by atoms with E-state index in [0.29, 0.717) is 32.2 Å². The highest BCUT2D eigenvalue weighted by Gasteiger charge is 2.22. The van der Waals surface area contributed by atoms with Crippen LogP contribution in [0.2, 0.25) is 0 Å². The lowest BCUT2D eigenvalue weighted by atomic mass is 10.3. The van der Waals surface area contributed by atoms with Gasteiger partial charge in [-0.05, 0) is 25.1 Å². The van der Waals surface area contributed by atoms with Crippen LogP contribution in [0.4, 0.5) is 16.6 Å². The van der Waals surface area contributed by atoms with Crippen molar-refractivity contribution in [1.82, 2.24) is 19.9 Å². The van der Waals surface area contributed by atoms with E-state index in [9.17, 15) is 4.79 Å². The molecular weight excluding hydrogens is 320 g/mol. The van der Waals surface area contributed by atoms with E-state index in [1.807, 2.05) is 31.2 Å². The highest BCUT2D eigenvalue weighted by atomic mass is 16.6. The SMILES string of the molecule is CCOC(=O)N1CCN(c2ccnc(NCc3ccccn3)n2)CC1. The summed E-state index contributed by atoms with van der Waals surface area (Å²) in [6.45, 7) is 5.47. The summed E-state index contributed by atoms with van der Waals surface area (Å²) in [7, 11) is 0. The molecule has 1 aliphatic heterocycles. The van der Waals surface area contributed by atoms with E-state index in [1.54, 1.807) is 17.3 Å². The van der Waals surface area contributed by atoms with E-state index in [-0.39, 0.29) is 6.09 Å². The van der Waals surface area contributed by atoms with Crippen molar-refractivity contribution in [3.63, 3.8) is 0 Å². The Labute approximate surface area is 146 Å². The number of amides is 1. The number of rotatable bonds is 5. The van der Waals surface area contributed by atoms with Gasteiger partial charge in [-0.2, -0.15) is 4.98 Å². The van der Waals surface area contributed by atoms with Gasteiger partial charge >= 0.3 is 6.09 Å². The molecule has 1 N–H and O–H groups in total. The number of nitrogens with one attached hydrogen (secondary N) is 1. The first-order valence-corrected chi connectivity index (χ1v) is 8.39. The second kappa shape index (κ2) is 8.27. The fourth-order valence-corrected chi connectivity index (χ4v) is 2.62. The maximum Gasteiger partial charge on any atom is 0.409 e. The first-order valence-electron chi connectivity index (χ1n) is 8.39. The van der Waals surface area contributed by atoms with Crippen molar-refractivity contribution in [1.29, 1.82) is 0 Å². The van der Waals surface area contributed by atoms with Gasteiger partial charge in [0.2, 0.25) is 5.95 Å². The molecule has 0 saturated carbocycles. The lowest BCUT2D eigenvalue weighted by Gasteiger charge is -2.34. The summed E-state index contributed by atoms with van der Waals surface area (Å²) in [4.78, 5) is 28.7. The summed E-state index contributed by atoms with van der Waals surface area (Å²) in [5, 5.41) is 3.19. The third-order valence-electron chi connectivity index (χ3n) is 3.92. The Balaban J connectivity index is 1.56. The van der Waals surface area contributed by atoms with E-state index >= 15 is 0 Å². The van der Waals surface area contributed by atoms with E-state index in [2.05, 4.69) is 25.2 Å². The lowest BCUT2D eigenvalue weighted by Crippen LogP contribution is -2.49. The average molecular weight is 342 g/mol. The molecule has 0 atom stereocenters. The molecular formula is C17H22N6O2. The number of ether oxygens (including phenoxy) is 1. The topological polar surface area (TPSA) is 83.5 Å². The number of hydrogen-bond donors (Lipinski definition) is 1. The van der Waals surface area contributed by atoms with E-state index in [1.165, 1.54) is 0 Å². The molecule has 0 aliphatic carbocycles. The summed E-state index contributed by atoms with van der Waals surface area (Å²) in [6, 6.07) is 7.66. The second-order valence-corrected chi connectivity index (χ2v) is 5.59. The number of pyridine rings is 1. The number of piperazine rings is 1. The number of hydrogen-bond acceptors (Lipinski definition) is 7. The smallest absolute Gasteiger partial charge is 0.409 e. The number of nitrogens with zero attached hydrogens (tertiary/aromatic N) is 5. The van der Waals surface area contributed by atoms with Gasteiger partial charge in [-0.3, -0.25) is 4.98 Å². The first-order chi connectivity index (χ1) is 12.3. The van der Waals surface area contributed by atoms with Gasteiger partial charge in [-0.25, -0.2) is 9.78 Å². The van der Waals surface area contributed by atoms with Crippen molar-refractivity contribution < 1.29 is 9.53 Å². The van der Waals surface area contributed by atoms with Gasteiger partial charge in [0.05, 0.1) is 18.8 Å². The Morgan fingerprint density at radius 2 is 2.00 bits per heavy atom. The zero-order valence-electron chi connectivity index (χ0n) is 14.3. The van der Waals surface area contributed by atoms with Gasteiger partial charge in [-0.15, -0.1) is 0 Å². The summed E-state index contributed by atoms with van der Waals surface area (Å²) in [5.74, 6) is 1.41. The third-order valence-corrected chi connectivity index (χ3v) is 3.92. The van der Waals surface area contributed by atoms with Crippen LogP contribution in [0.15, 0.2) is 36.7 Å². The minimum absolute atomic E-state index is 0.248. The van der Waals surface area contributed by atoms with Gasteiger partial charge in [0, 0.05) is 38.6 Å². The number of carbonyl (C=O) groups excluding carboxylic acids is 1. The minimum atomic E-state index is -0.248. The summed E-state index contributed by atoms with van der Waals surface area (Å²) >= 11 is 0. The van der Waals surface area contributed by atoms with Crippen LogP contribution >= 0.6 is 0 Å². The zero-order chi connectivity index (χ0) is 17.5. The predicted octanol–water partition coefficient (Wildman–Crippen LogP) is 1.76. The molecule has 3 heterocycles. The summed E-state index contributed by atoms with van der Waals surface area (Å²) in [6.07, 6.45) is 3.25. The number of anilines is 2. The molecule has 1 amide bonds. The summed E-state index contributed by atoms with van der Waals surface area (Å²) in [5.41, 5.74) is 0.930. The molecule has 0 radical (unpaired) electrons. The van der Waals surface area contributed by atoms with Gasteiger partial charge < -0.3 is 19.9 Å². The Morgan fingerprint density at radius 1 is 1.16 bits per heavy atom. The van der Waals surface area contributed by atoms with Crippen molar-refractivity contribution in [2.45, 2.75) is 13.5 Å². The van der Waals surface area contributed by atoms with Crippen molar-refractivity contribution >= 4 is 17.9 Å². The van der Waals surface area contributed by atoms with Gasteiger partial charge in [0.15, 0.2) is 0 Å². The Bertz CT molecular complexity index is 689. The zero-order valence-corrected chi connectivity index (χ0v) is 14.3. The molecule has 1 saturated heterocycles. The van der Waals surface area contributed by atoms with Crippen molar-refractivity contribution in [2.75, 3.05) is 43.0 Å². The molecule has 8 nitrogen and oxygen atoms in total. The fourth-order valence-electron chi connectivity index (χ4n) is 2.62. The number of carbonyl (C=O) groups is 1. The molecule has 2 aromatic heterocycles. The standard InChI is InChI=1S/C17H22N6O2/c1-2-25-17(24)23-11-9-22(10-12-23)15-6-8-19-16(21-15)20-13-14-5-3-4-7-18-14/h3-8H,2,9-13H2,1H3,(H,19,20,21). The summed E-state index contributed by atoms with van der Waals surface area (Å²) < 4.78 is 5.04. The maximum atomic E-state index is 11.8. The van der Waals surface area contributed by atoms with Crippen LogP contribution in [-0.2, 0) is 11.3 Å². The molecule has 1 aliphatic rings. The van der Waals surface area contributed by atoms with Crippen molar-refractivity contribution in [3.05, 3.63) is 42.4 Å². The highest BCUT2D eigenvalue weighted by Crippen LogP contribution is 2.15. The van der Waals surface area contributed by atoms with E-state index < -0.39 is 0 Å². The first kappa shape index (κ1) is 16.9. The average Bonchev–Trinajstić information content (AvgIpc) is 2.68. The largest absolute Gasteiger partial charge is 0.450 e. The Morgan fingerprint density at radius 3 is 2.72 bits per heavy atom. The Hall–Kier alpha value is -2.90. The van der Waals surface area contributed by atoms with Crippen LogP contribution in [0, 0.1) is 0 Å². The van der Waals surface area contributed by atoms with E-state index in [4.69, 9.17) is 4.74 Å². The Kier molecular flexibility index (Phi) is 5.61. The van der Waals surface area contributed by atoms with Crippen LogP contribution in [0.3, 0.4) is 0 Å². The predicted molar refractivity (Wildman–Crippen MR) is 94.4 cm³/mol. The lowest BCUT2D eigenvalue weighted by molar-refractivity contribution is 0.105. The van der Waals surface area contributed by atoms with E-state index in [0.717, 1.165) is 24.6 Å².